The number of likely N-dealkylation sites (tertiary alicyclic amines) is 1. The van der Waals surface area contributed by atoms with Gasteiger partial charge in [-0.2, -0.15) is 0 Å². The van der Waals surface area contributed by atoms with Gasteiger partial charge in [0.25, 0.3) is 5.91 Å². The quantitative estimate of drug-likeness (QED) is 0.769. The maximum absolute atomic E-state index is 12.9. The van der Waals surface area contributed by atoms with Gasteiger partial charge in [0, 0.05) is 23.1 Å². The molecule has 1 amide bonds. The lowest BCUT2D eigenvalue weighted by Gasteiger charge is -2.25. The summed E-state index contributed by atoms with van der Waals surface area (Å²) in [7, 11) is 0. The summed E-state index contributed by atoms with van der Waals surface area (Å²) in [5.74, 6) is 2.46. The lowest BCUT2D eigenvalue weighted by molar-refractivity contribution is -0.127. The fourth-order valence-corrected chi connectivity index (χ4v) is 4.27. The molecule has 3 aliphatic rings. The van der Waals surface area contributed by atoms with Crippen LogP contribution in [-0.4, -0.2) is 43.6 Å². The molecule has 1 aromatic carbocycles. The van der Waals surface area contributed by atoms with Gasteiger partial charge >= 0.3 is 0 Å². The molecule has 4 nitrogen and oxygen atoms in total. The van der Waals surface area contributed by atoms with Gasteiger partial charge in [-0.1, -0.05) is 15.9 Å². The van der Waals surface area contributed by atoms with E-state index in [4.69, 9.17) is 4.74 Å². The number of amides is 1. The van der Waals surface area contributed by atoms with Crippen LogP contribution in [-0.2, 0) is 4.79 Å². The molecule has 6 heteroatoms. The highest BCUT2D eigenvalue weighted by molar-refractivity contribution is 9.10. The lowest BCUT2D eigenvalue weighted by atomic mass is 9.92. The zero-order valence-corrected chi connectivity index (χ0v) is 15.9. The first-order valence-corrected chi connectivity index (χ1v) is 9.13. The molecule has 2 atom stereocenters. The average molecular weight is 414 g/mol. The number of hydrogen-bond donors (Lipinski definition) is 1. The lowest BCUT2D eigenvalue weighted by Crippen LogP contribution is -2.35. The van der Waals surface area contributed by atoms with Gasteiger partial charge in [-0.15, -0.1) is 12.4 Å². The molecule has 1 N–H and O–H groups in total. The number of hydrogen-bond acceptors (Lipinski definition) is 3. The summed E-state index contributed by atoms with van der Waals surface area (Å²) in [5, 5.41) is 3.48. The van der Waals surface area contributed by atoms with Crippen molar-refractivity contribution in [1.82, 2.24) is 10.2 Å². The molecule has 3 aliphatic heterocycles. The Hall–Kier alpha value is -1.04. The number of fused-ring (bicyclic) bond motifs is 2. The molecule has 2 saturated heterocycles. The molecule has 24 heavy (non-hydrogen) atoms. The standard InChI is InChI=1S/C18H21BrN2O2.ClH/c19-16-1-2-17-14(8-16)7-15(11-23-17)18(22)21-5-3-12-9-20-10-13(12)4-6-21;/h1-2,7-8,12-13,20H,3-6,9-11H2;1H/t12-,13+;. The molecule has 0 saturated carbocycles. The third-order valence-electron chi connectivity index (χ3n) is 5.27. The number of ether oxygens (including phenoxy) is 1. The maximum atomic E-state index is 12.9. The maximum Gasteiger partial charge on any atom is 0.253 e. The summed E-state index contributed by atoms with van der Waals surface area (Å²) >= 11 is 3.48. The summed E-state index contributed by atoms with van der Waals surface area (Å²) < 4.78 is 6.76. The predicted molar refractivity (Wildman–Crippen MR) is 101 cm³/mol. The van der Waals surface area contributed by atoms with Crippen LogP contribution in [0.5, 0.6) is 5.75 Å². The van der Waals surface area contributed by atoms with Crippen molar-refractivity contribution in [3.63, 3.8) is 0 Å². The van der Waals surface area contributed by atoms with Crippen LogP contribution in [0.3, 0.4) is 0 Å². The van der Waals surface area contributed by atoms with Gasteiger partial charge in [-0.3, -0.25) is 4.79 Å². The van der Waals surface area contributed by atoms with E-state index in [9.17, 15) is 4.79 Å². The SMILES string of the molecule is Cl.O=C(C1=Cc2cc(Br)ccc2OC1)N1CC[C@@H]2CNC[C@@H]2CC1. The van der Waals surface area contributed by atoms with Crippen molar-refractivity contribution < 1.29 is 9.53 Å². The zero-order chi connectivity index (χ0) is 15.8. The van der Waals surface area contributed by atoms with Crippen LogP contribution >= 0.6 is 28.3 Å². The van der Waals surface area contributed by atoms with E-state index in [1.54, 1.807) is 0 Å². The largest absolute Gasteiger partial charge is 0.488 e. The van der Waals surface area contributed by atoms with Crippen molar-refractivity contribution in [3.05, 3.63) is 33.8 Å². The predicted octanol–water partition coefficient (Wildman–Crippen LogP) is 3.10. The second-order valence-corrected chi connectivity index (χ2v) is 7.60. The fraction of sp³-hybridized carbons (Fsp3) is 0.500. The van der Waals surface area contributed by atoms with Gasteiger partial charge < -0.3 is 15.0 Å². The van der Waals surface area contributed by atoms with E-state index >= 15 is 0 Å². The minimum Gasteiger partial charge on any atom is -0.488 e. The summed E-state index contributed by atoms with van der Waals surface area (Å²) in [6, 6.07) is 5.90. The number of nitrogens with zero attached hydrogens (tertiary/aromatic N) is 1. The number of carbonyl (C=O) groups excluding carboxylic acids is 1. The van der Waals surface area contributed by atoms with Crippen molar-refractivity contribution in [3.8, 4) is 5.75 Å². The highest BCUT2D eigenvalue weighted by atomic mass is 79.9. The Bertz CT molecular complexity index is 650. The van der Waals surface area contributed by atoms with Crippen LogP contribution in [0.4, 0.5) is 0 Å². The second kappa shape index (κ2) is 7.46. The zero-order valence-electron chi connectivity index (χ0n) is 13.5. The normalized spacial score (nSPS) is 25.5. The first-order chi connectivity index (χ1) is 11.2. The van der Waals surface area contributed by atoms with Crippen molar-refractivity contribution >= 4 is 40.3 Å². The fourth-order valence-electron chi connectivity index (χ4n) is 3.90. The van der Waals surface area contributed by atoms with Gasteiger partial charge in [0.15, 0.2) is 0 Å². The minimum absolute atomic E-state index is 0. The van der Waals surface area contributed by atoms with Crippen molar-refractivity contribution in [2.24, 2.45) is 11.8 Å². The summed E-state index contributed by atoms with van der Waals surface area (Å²) in [5.41, 5.74) is 1.74. The number of carbonyl (C=O) groups is 1. The van der Waals surface area contributed by atoms with Gasteiger partial charge in [0.05, 0.1) is 5.57 Å². The first kappa shape index (κ1) is 17.8. The van der Waals surface area contributed by atoms with Crippen LogP contribution in [0.2, 0.25) is 0 Å². The molecule has 4 rings (SSSR count). The summed E-state index contributed by atoms with van der Waals surface area (Å²) in [4.78, 5) is 14.9. The molecule has 0 radical (unpaired) electrons. The van der Waals surface area contributed by atoms with E-state index in [1.807, 2.05) is 29.2 Å². The second-order valence-electron chi connectivity index (χ2n) is 6.69. The molecular formula is C18H22BrClN2O2. The van der Waals surface area contributed by atoms with E-state index in [-0.39, 0.29) is 18.3 Å². The van der Waals surface area contributed by atoms with Crippen LogP contribution in [0.25, 0.3) is 6.08 Å². The Kier molecular flexibility index (Phi) is 5.52. The van der Waals surface area contributed by atoms with Gasteiger partial charge in [0.2, 0.25) is 0 Å². The number of rotatable bonds is 1. The molecule has 0 spiro atoms. The molecule has 2 fully saturated rings. The molecule has 0 unspecified atom stereocenters. The summed E-state index contributed by atoms with van der Waals surface area (Å²) in [6.45, 7) is 4.33. The number of benzene rings is 1. The van der Waals surface area contributed by atoms with E-state index in [2.05, 4.69) is 21.2 Å². The molecule has 0 aliphatic carbocycles. The van der Waals surface area contributed by atoms with Crippen LogP contribution in [0.15, 0.2) is 28.2 Å². The van der Waals surface area contributed by atoms with Crippen molar-refractivity contribution in [2.45, 2.75) is 12.8 Å². The monoisotopic (exact) mass is 412 g/mol. The number of halogens is 2. The van der Waals surface area contributed by atoms with E-state index in [1.165, 1.54) is 0 Å². The third kappa shape index (κ3) is 3.48. The molecule has 0 aromatic heterocycles. The van der Waals surface area contributed by atoms with E-state index in [0.29, 0.717) is 6.61 Å². The van der Waals surface area contributed by atoms with Gasteiger partial charge in [0.1, 0.15) is 12.4 Å². The molecule has 3 heterocycles. The highest BCUT2D eigenvalue weighted by Crippen LogP contribution is 2.31. The summed E-state index contributed by atoms with van der Waals surface area (Å²) in [6.07, 6.45) is 4.21. The Balaban J connectivity index is 0.00000169. The first-order valence-electron chi connectivity index (χ1n) is 8.33. The van der Waals surface area contributed by atoms with Crippen molar-refractivity contribution in [1.29, 1.82) is 0 Å². The third-order valence-corrected chi connectivity index (χ3v) is 5.76. The Morgan fingerprint density at radius 3 is 2.62 bits per heavy atom. The number of nitrogens with one attached hydrogen (secondary N) is 1. The van der Waals surface area contributed by atoms with Crippen molar-refractivity contribution in [2.75, 3.05) is 32.8 Å². The Labute approximate surface area is 157 Å². The van der Waals surface area contributed by atoms with Crippen LogP contribution < -0.4 is 10.1 Å². The van der Waals surface area contributed by atoms with E-state index in [0.717, 1.165) is 72.2 Å². The highest BCUT2D eigenvalue weighted by Gasteiger charge is 2.32. The minimum atomic E-state index is 0. The Morgan fingerprint density at radius 2 is 1.92 bits per heavy atom. The molecule has 130 valence electrons. The van der Waals surface area contributed by atoms with Gasteiger partial charge in [-0.25, -0.2) is 0 Å². The average Bonchev–Trinajstić information content (AvgIpc) is 2.92. The van der Waals surface area contributed by atoms with Crippen LogP contribution in [0, 0.1) is 11.8 Å². The van der Waals surface area contributed by atoms with Crippen LogP contribution in [0.1, 0.15) is 18.4 Å². The van der Waals surface area contributed by atoms with Gasteiger partial charge in [-0.05, 0) is 62.0 Å². The molecular weight excluding hydrogens is 392 g/mol. The molecule has 1 aromatic rings. The Morgan fingerprint density at radius 1 is 1.21 bits per heavy atom. The molecule has 0 bridgehead atoms. The van der Waals surface area contributed by atoms with E-state index < -0.39 is 0 Å². The topological polar surface area (TPSA) is 41.6 Å². The smallest absolute Gasteiger partial charge is 0.253 e.